The Morgan fingerprint density at radius 2 is 1.81 bits per heavy atom. The summed E-state index contributed by atoms with van der Waals surface area (Å²) >= 11 is 0. The molecule has 0 saturated heterocycles. The SMILES string of the molecule is COc1ccc2c(c1)C(OC)(C(F)(F)F)C[N+](C=Cc1ccccc1)=C2. The number of hydrogen-bond donors (Lipinski definition) is 0. The van der Waals surface area contributed by atoms with Crippen LogP contribution in [0.5, 0.6) is 5.75 Å². The zero-order valence-electron chi connectivity index (χ0n) is 14.5. The van der Waals surface area contributed by atoms with Crippen molar-refractivity contribution in [2.24, 2.45) is 0 Å². The molecule has 0 amide bonds. The van der Waals surface area contributed by atoms with Crippen LogP contribution >= 0.6 is 0 Å². The first-order valence-corrected chi connectivity index (χ1v) is 8.04. The molecule has 0 spiro atoms. The van der Waals surface area contributed by atoms with Crippen molar-refractivity contribution < 1.29 is 27.2 Å². The molecule has 136 valence electrons. The van der Waals surface area contributed by atoms with Gasteiger partial charge in [-0.15, -0.1) is 0 Å². The maximum atomic E-state index is 14.0. The molecule has 3 rings (SSSR count). The lowest BCUT2D eigenvalue weighted by Crippen LogP contribution is -2.52. The maximum absolute atomic E-state index is 14.0. The molecular formula is C20H19F3NO2+. The summed E-state index contributed by atoms with van der Waals surface area (Å²) in [6.45, 7) is -0.378. The predicted molar refractivity (Wildman–Crippen MR) is 93.5 cm³/mol. The molecule has 0 saturated carbocycles. The topological polar surface area (TPSA) is 21.5 Å². The number of nitrogens with zero attached hydrogens (tertiary/aromatic N) is 1. The van der Waals surface area contributed by atoms with Crippen molar-refractivity contribution in [2.75, 3.05) is 20.8 Å². The number of fused-ring (bicyclic) bond motifs is 1. The van der Waals surface area contributed by atoms with Crippen molar-refractivity contribution in [3.63, 3.8) is 0 Å². The average Bonchev–Trinajstić information content (AvgIpc) is 2.65. The Bertz CT molecular complexity index is 844. The summed E-state index contributed by atoms with van der Waals surface area (Å²) in [6, 6.07) is 14.0. The van der Waals surface area contributed by atoms with Gasteiger partial charge in [0.1, 0.15) is 5.75 Å². The standard InChI is InChI=1S/C20H19F3NO2/c1-25-17-9-8-16-13-24(11-10-15-6-4-3-5-7-15)14-19(26-2,18(16)12-17)20(21,22)23/h3-13H,14H2,1-2H3/q+1. The summed E-state index contributed by atoms with van der Waals surface area (Å²) in [5.41, 5.74) is -1.05. The van der Waals surface area contributed by atoms with E-state index < -0.39 is 11.8 Å². The minimum Gasteiger partial charge on any atom is -0.497 e. The van der Waals surface area contributed by atoms with Crippen LogP contribution in [0.3, 0.4) is 0 Å². The minimum atomic E-state index is -4.59. The number of rotatable bonds is 4. The van der Waals surface area contributed by atoms with Crippen LogP contribution in [0.4, 0.5) is 13.2 Å². The van der Waals surface area contributed by atoms with Crippen LogP contribution < -0.4 is 4.74 Å². The smallest absolute Gasteiger partial charge is 0.428 e. The van der Waals surface area contributed by atoms with Gasteiger partial charge in [-0.3, -0.25) is 0 Å². The molecule has 1 atom stereocenters. The van der Waals surface area contributed by atoms with Crippen molar-refractivity contribution in [3.05, 3.63) is 71.4 Å². The van der Waals surface area contributed by atoms with Gasteiger partial charge in [0.05, 0.1) is 7.11 Å². The lowest BCUT2D eigenvalue weighted by molar-refractivity contribution is -0.499. The van der Waals surface area contributed by atoms with Crippen LogP contribution in [0.25, 0.3) is 6.08 Å². The number of benzene rings is 2. The van der Waals surface area contributed by atoms with Crippen molar-refractivity contribution in [2.45, 2.75) is 11.8 Å². The van der Waals surface area contributed by atoms with E-state index in [1.165, 1.54) is 17.8 Å². The van der Waals surface area contributed by atoms with Gasteiger partial charge in [0.25, 0.3) is 0 Å². The fourth-order valence-corrected chi connectivity index (χ4v) is 3.07. The zero-order chi connectivity index (χ0) is 18.8. The third-order valence-electron chi connectivity index (χ3n) is 4.47. The zero-order valence-corrected chi connectivity index (χ0v) is 14.5. The molecule has 2 aromatic carbocycles. The van der Waals surface area contributed by atoms with E-state index in [4.69, 9.17) is 9.47 Å². The fraction of sp³-hybridized carbons (Fsp3) is 0.250. The quantitative estimate of drug-likeness (QED) is 0.760. The summed E-state index contributed by atoms with van der Waals surface area (Å²) in [6.07, 6.45) is 0.483. The van der Waals surface area contributed by atoms with Gasteiger partial charge >= 0.3 is 6.18 Å². The predicted octanol–water partition coefficient (Wildman–Crippen LogP) is 4.22. The molecule has 1 aliphatic rings. The van der Waals surface area contributed by atoms with Gasteiger partial charge in [-0.25, -0.2) is 4.58 Å². The van der Waals surface area contributed by atoms with Crippen LogP contribution in [-0.4, -0.2) is 37.7 Å². The summed E-state index contributed by atoms with van der Waals surface area (Å²) in [5, 5.41) is 0. The van der Waals surface area contributed by atoms with E-state index in [9.17, 15) is 13.2 Å². The molecule has 0 aliphatic carbocycles. The van der Waals surface area contributed by atoms with E-state index in [1.54, 1.807) is 30.6 Å². The van der Waals surface area contributed by atoms with E-state index in [0.717, 1.165) is 12.7 Å². The summed E-state index contributed by atoms with van der Waals surface area (Å²) < 4.78 is 53.7. The average molecular weight is 362 g/mol. The maximum Gasteiger partial charge on any atom is 0.428 e. The van der Waals surface area contributed by atoms with Crippen LogP contribution in [0, 0.1) is 0 Å². The van der Waals surface area contributed by atoms with Gasteiger partial charge in [-0.1, -0.05) is 30.3 Å². The van der Waals surface area contributed by atoms with Gasteiger partial charge in [-0.2, -0.15) is 13.2 Å². The van der Waals surface area contributed by atoms with E-state index in [0.29, 0.717) is 11.3 Å². The van der Waals surface area contributed by atoms with Crippen molar-refractivity contribution >= 4 is 12.3 Å². The number of methoxy groups -OCH3 is 2. The second-order valence-corrected chi connectivity index (χ2v) is 6.01. The largest absolute Gasteiger partial charge is 0.497 e. The van der Waals surface area contributed by atoms with Crippen LogP contribution in [-0.2, 0) is 10.3 Å². The molecule has 0 radical (unpaired) electrons. The third-order valence-corrected chi connectivity index (χ3v) is 4.47. The second-order valence-electron chi connectivity index (χ2n) is 6.01. The van der Waals surface area contributed by atoms with E-state index >= 15 is 0 Å². The molecule has 26 heavy (non-hydrogen) atoms. The number of hydrogen-bond acceptors (Lipinski definition) is 2. The first kappa shape index (κ1) is 18.2. The molecule has 1 heterocycles. The molecule has 2 aromatic rings. The Morgan fingerprint density at radius 1 is 1.08 bits per heavy atom. The van der Waals surface area contributed by atoms with Gasteiger partial charge in [0.2, 0.25) is 5.60 Å². The first-order valence-electron chi connectivity index (χ1n) is 8.04. The Hall–Kier alpha value is -2.60. The van der Waals surface area contributed by atoms with Crippen LogP contribution in [0.2, 0.25) is 0 Å². The highest BCUT2D eigenvalue weighted by Gasteiger charge is 2.62. The molecule has 1 aliphatic heterocycles. The highest BCUT2D eigenvalue weighted by Crippen LogP contribution is 2.45. The lowest BCUT2D eigenvalue weighted by Gasteiger charge is -2.35. The molecule has 6 heteroatoms. The molecule has 0 aromatic heterocycles. The molecule has 0 fully saturated rings. The summed E-state index contributed by atoms with van der Waals surface area (Å²) in [5.74, 6) is 0.358. The van der Waals surface area contributed by atoms with Gasteiger partial charge in [0, 0.05) is 24.3 Å². The first-order chi connectivity index (χ1) is 12.4. The van der Waals surface area contributed by atoms with Gasteiger partial charge < -0.3 is 9.47 Å². The Morgan fingerprint density at radius 3 is 2.42 bits per heavy atom. The highest BCUT2D eigenvalue weighted by atomic mass is 19.4. The van der Waals surface area contributed by atoms with E-state index in [2.05, 4.69) is 0 Å². The van der Waals surface area contributed by atoms with Crippen molar-refractivity contribution in [1.82, 2.24) is 0 Å². The fourth-order valence-electron chi connectivity index (χ4n) is 3.07. The molecule has 0 N–H and O–H groups in total. The minimum absolute atomic E-state index is 0.0520. The van der Waals surface area contributed by atoms with Gasteiger partial charge in [-0.05, 0) is 23.8 Å². The third kappa shape index (κ3) is 3.24. The second kappa shape index (κ2) is 6.96. The van der Waals surface area contributed by atoms with Crippen LogP contribution in [0.15, 0.2) is 54.7 Å². The summed E-state index contributed by atoms with van der Waals surface area (Å²) in [7, 11) is 2.51. The highest BCUT2D eigenvalue weighted by molar-refractivity contribution is 5.80. The number of alkyl halides is 3. The van der Waals surface area contributed by atoms with Crippen molar-refractivity contribution in [1.29, 1.82) is 0 Å². The molecule has 1 unspecified atom stereocenters. The van der Waals surface area contributed by atoms with E-state index in [-0.39, 0.29) is 12.1 Å². The van der Waals surface area contributed by atoms with E-state index in [1.807, 2.05) is 30.3 Å². The van der Waals surface area contributed by atoms with Gasteiger partial charge in [0.15, 0.2) is 19.0 Å². The van der Waals surface area contributed by atoms with Crippen molar-refractivity contribution in [3.8, 4) is 5.75 Å². The monoisotopic (exact) mass is 362 g/mol. The van der Waals surface area contributed by atoms with Crippen LogP contribution in [0.1, 0.15) is 16.7 Å². The Balaban J connectivity index is 2.09. The number of ether oxygens (including phenoxy) is 2. The Labute approximate surface area is 150 Å². The Kier molecular flexibility index (Phi) is 4.87. The lowest BCUT2D eigenvalue weighted by atomic mass is 9.86. The summed E-state index contributed by atoms with van der Waals surface area (Å²) in [4.78, 5) is 0. The molecule has 0 bridgehead atoms. The molecular weight excluding hydrogens is 343 g/mol. The molecule has 3 nitrogen and oxygen atoms in total. The normalized spacial score (nSPS) is 20.0. The number of halogens is 3.